The Labute approximate surface area is 178 Å². The number of hydrogen-bond donors (Lipinski definition) is 2. The van der Waals surface area contributed by atoms with Crippen LogP contribution in [0.1, 0.15) is 39.3 Å². The van der Waals surface area contributed by atoms with E-state index in [1.165, 1.54) is 0 Å². The minimum atomic E-state index is -0.367. The molecule has 0 saturated carbocycles. The summed E-state index contributed by atoms with van der Waals surface area (Å²) in [4.78, 5) is 12.7. The molecule has 3 rings (SSSR count). The molecule has 0 aliphatic carbocycles. The first kappa shape index (κ1) is 21.7. The monoisotopic (exact) mass is 406 g/mol. The molecule has 0 heterocycles. The van der Waals surface area contributed by atoms with Crippen molar-refractivity contribution in [1.82, 2.24) is 5.32 Å². The molecule has 0 radical (unpaired) electrons. The van der Waals surface area contributed by atoms with Crippen LogP contribution in [0.5, 0.6) is 11.5 Å². The number of hydrogen-bond acceptors (Lipinski definition) is 4. The van der Waals surface area contributed by atoms with Crippen LogP contribution in [-0.2, 0) is 4.79 Å². The van der Waals surface area contributed by atoms with Crippen molar-refractivity contribution in [3.63, 3.8) is 0 Å². The van der Waals surface area contributed by atoms with Crippen LogP contribution in [-0.4, -0.2) is 25.2 Å². The summed E-state index contributed by atoms with van der Waals surface area (Å²) in [7, 11) is 0. The summed E-state index contributed by atoms with van der Waals surface area (Å²) in [5.41, 5.74) is 1.83. The van der Waals surface area contributed by atoms with Gasteiger partial charge in [-0.1, -0.05) is 36.4 Å². The second-order valence-electron chi connectivity index (χ2n) is 7.23. The topological polar surface area (TPSA) is 59.6 Å². The molecule has 0 aliphatic heterocycles. The molecular weight excluding hydrogens is 376 g/mol. The van der Waals surface area contributed by atoms with Gasteiger partial charge in [0, 0.05) is 11.7 Å². The quantitative estimate of drug-likeness (QED) is 0.505. The fourth-order valence-corrected chi connectivity index (χ4v) is 3.40. The highest BCUT2D eigenvalue weighted by atomic mass is 16.5. The average Bonchev–Trinajstić information content (AvgIpc) is 2.75. The number of amides is 1. The van der Waals surface area contributed by atoms with Gasteiger partial charge in [-0.2, -0.15) is 0 Å². The molecule has 0 fully saturated rings. The Kier molecular flexibility index (Phi) is 7.31. The largest absolute Gasteiger partial charge is 0.490 e. The zero-order chi connectivity index (χ0) is 21.5. The van der Waals surface area contributed by atoms with Gasteiger partial charge in [0.25, 0.3) is 0 Å². The fourth-order valence-electron chi connectivity index (χ4n) is 3.40. The Hall–Kier alpha value is -3.05. The smallest absolute Gasteiger partial charge is 0.241 e. The molecule has 0 spiro atoms. The highest BCUT2D eigenvalue weighted by Gasteiger charge is 2.18. The molecule has 3 aromatic rings. The molecule has 1 amide bonds. The number of benzene rings is 3. The molecule has 5 heteroatoms. The summed E-state index contributed by atoms with van der Waals surface area (Å²) in [6.45, 7) is 8.94. The minimum Gasteiger partial charge on any atom is -0.490 e. The fraction of sp³-hybridized carbons (Fsp3) is 0.320. The summed E-state index contributed by atoms with van der Waals surface area (Å²) in [5, 5.41) is 8.62. The summed E-state index contributed by atoms with van der Waals surface area (Å²) < 4.78 is 11.3. The van der Waals surface area contributed by atoms with Crippen LogP contribution < -0.4 is 20.1 Å². The van der Waals surface area contributed by atoms with Gasteiger partial charge in [-0.3, -0.25) is 10.1 Å². The summed E-state index contributed by atoms with van der Waals surface area (Å²) >= 11 is 0. The molecule has 2 N–H and O–H groups in total. The lowest BCUT2D eigenvalue weighted by atomic mass is 10.1. The Balaban J connectivity index is 1.65. The molecule has 5 nitrogen and oxygen atoms in total. The van der Waals surface area contributed by atoms with Gasteiger partial charge in [-0.15, -0.1) is 0 Å². The number of ether oxygens (including phenoxy) is 2. The Morgan fingerprint density at radius 1 is 0.867 bits per heavy atom. The molecule has 0 saturated heterocycles. The molecule has 0 bridgehead atoms. The Morgan fingerprint density at radius 2 is 1.57 bits per heavy atom. The zero-order valence-electron chi connectivity index (χ0n) is 18.1. The maximum atomic E-state index is 12.7. The van der Waals surface area contributed by atoms with Gasteiger partial charge in [0.15, 0.2) is 11.5 Å². The Morgan fingerprint density at radius 3 is 2.30 bits per heavy atom. The number of carbonyl (C=O) groups excluding carboxylic acids is 1. The summed E-state index contributed by atoms with van der Waals surface area (Å²) in [6, 6.07) is 19.5. The van der Waals surface area contributed by atoms with Crippen LogP contribution in [0.4, 0.5) is 5.69 Å². The van der Waals surface area contributed by atoms with Crippen molar-refractivity contribution in [3.05, 3.63) is 66.2 Å². The first-order valence-electron chi connectivity index (χ1n) is 10.5. The molecule has 3 aromatic carbocycles. The second-order valence-corrected chi connectivity index (χ2v) is 7.23. The molecule has 0 aliphatic rings. The van der Waals surface area contributed by atoms with Crippen molar-refractivity contribution in [1.29, 1.82) is 0 Å². The first-order chi connectivity index (χ1) is 14.5. The van der Waals surface area contributed by atoms with Crippen molar-refractivity contribution in [2.24, 2.45) is 0 Å². The third-order valence-corrected chi connectivity index (χ3v) is 4.98. The van der Waals surface area contributed by atoms with Crippen molar-refractivity contribution < 1.29 is 14.3 Å². The van der Waals surface area contributed by atoms with Gasteiger partial charge in [-0.05, 0) is 68.3 Å². The number of carbonyl (C=O) groups is 1. The maximum Gasteiger partial charge on any atom is 0.241 e. The molecule has 0 aromatic heterocycles. The van der Waals surface area contributed by atoms with Crippen molar-refractivity contribution in [2.75, 3.05) is 18.5 Å². The highest BCUT2D eigenvalue weighted by Crippen LogP contribution is 2.31. The van der Waals surface area contributed by atoms with Crippen LogP contribution in [0.25, 0.3) is 10.8 Å². The van der Waals surface area contributed by atoms with Crippen LogP contribution in [0.3, 0.4) is 0 Å². The standard InChI is InChI=1S/C25H30N2O3/c1-5-29-23-14-12-20(16-24(23)30-6-2)17(3)26-18(4)25(28)27-22-13-11-19-9-7-8-10-21(19)15-22/h7-18,26H,5-6H2,1-4H3,(H,27,28)/t17-,18-/m0/s1. The van der Waals surface area contributed by atoms with E-state index in [2.05, 4.69) is 16.7 Å². The number of nitrogens with one attached hydrogen (secondary N) is 2. The van der Waals surface area contributed by atoms with E-state index >= 15 is 0 Å². The SMILES string of the molecule is CCOc1ccc([C@H](C)N[C@@H](C)C(=O)Nc2ccc3ccccc3c2)cc1OCC. The number of anilines is 1. The van der Waals surface area contributed by atoms with Gasteiger partial charge in [0.2, 0.25) is 5.91 Å². The second kappa shape index (κ2) is 10.1. The summed E-state index contributed by atoms with van der Waals surface area (Å²) in [6.07, 6.45) is 0. The lowest BCUT2D eigenvalue weighted by molar-refractivity contribution is -0.117. The molecular formula is C25H30N2O3. The summed E-state index contributed by atoms with van der Waals surface area (Å²) in [5.74, 6) is 1.38. The Bertz CT molecular complexity index is 1000. The van der Waals surface area contributed by atoms with E-state index in [9.17, 15) is 4.79 Å². The minimum absolute atomic E-state index is 0.0303. The lowest BCUT2D eigenvalue weighted by Crippen LogP contribution is -2.39. The van der Waals surface area contributed by atoms with Gasteiger partial charge in [-0.25, -0.2) is 0 Å². The van der Waals surface area contributed by atoms with E-state index in [1.807, 2.05) is 82.3 Å². The molecule has 158 valence electrons. The highest BCUT2D eigenvalue weighted by molar-refractivity contribution is 5.97. The van der Waals surface area contributed by atoms with Gasteiger partial charge in [0.05, 0.1) is 19.3 Å². The average molecular weight is 407 g/mol. The van der Waals surface area contributed by atoms with Crippen molar-refractivity contribution in [3.8, 4) is 11.5 Å². The third-order valence-electron chi connectivity index (χ3n) is 4.98. The van der Waals surface area contributed by atoms with E-state index in [1.54, 1.807) is 0 Å². The van der Waals surface area contributed by atoms with Gasteiger partial charge >= 0.3 is 0 Å². The van der Waals surface area contributed by atoms with Crippen molar-refractivity contribution >= 4 is 22.4 Å². The molecule has 2 atom stereocenters. The van der Waals surface area contributed by atoms with E-state index < -0.39 is 0 Å². The third kappa shape index (κ3) is 5.30. The lowest BCUT2D eigenvalue weighted by Gasteiger charge is -2.21. The van der Waals surface area contributed by atoms with E-state index in [-0.39, 0.29) is 18.0 Å². The first-order valence-corrected chi connectivity index (χ1v) is 10.5. The zero-order valence-corrected chi connectivity index (χ0v) is 18.1. The molecule has 30 heavy (non-hydrogen) atoms. The number of rotatable bonds is 9. The van der Waals surface area contributed by atoms with Gasteiger partial charge < -0.3 is 14.8 Å². The van der Waals surface area contributed by atoms with Gasteiger partial charge in [0.1, 0.15) is 0 Å². The van der Waals surface area contributed by atoms with E-state index in [4.69, 9.17) is 9.47 Å². The molecule has 0 unspecified atom stereocenters. The van der Waals surface area contributed by atoms with E-state index in [0.29, 0.717) is 13.2 Å². The van der Waals surface area contributed by atoms with Crippen LogP contribution in [0, 0.1) is 0 Å². The normalized spacial score (nSPS) is 12.9. The predicted octanol–water partition coefficient (Wildman–Crippen LogP) is 5.32. The van der Waals surface area contributed by atoms with Crippen LogP contribution in [0.2, 0.25) is 0 Å². The van der Waals surface area contributed by atoms with Crippen molar-refractivity contribution in [2.45, 2.75) is 39.8 Å². The number of fused-ring (bicyclic) bond motifs is 1. The van der Waals surface area contributed by atoms with Crippen LogP contribution >= 0.6 is 0 Å². The maximum absolute atomic E-state index is 12.7. The van der Waals surface area contributed by atoms with Crippen LogP contribution in [0.15, 0.2) is 60.7 Å². The van der Waals surface area contributed by atoms with E-state index in [0.717, 1.165) is 33.5 Å². The predicted molar refractivity (Wildman–Crippen MR) is 122 cm³/mol.